The maximum absolute atomic E-state index is 2.43. The Labute approximate surface area is 323 Å². The lowest BCUT2D eigenvalue weighted by atomic mass is 9.97. The molecule has 55 heavy (non-hydrogen) atoms. The third-order valence-corrected chi connectivity index (χ3v) is 12.1. The third kappa shape index (κ3) is 5.24. The standard InChI is InChI=1S/C52H34N2S/c1-3-14-35(15-4-1)42-20-7-10-23-47(42)53(41-28-30-45-44-21-9-12-25-50(44)55-51(45)34-41)40-19-13-16-36(33-40)37-26-29-43-38(32-37)27-31-49-52(43)46-22-8-11-24-48(46)54(49)39-17-5-2-6-18-39/h1-34H. The second-order valence-electron chi connectivity index (χ2n) is 14.1. The molecule has 0 bridgehead atoms. The average Bonchev–Trinajstić information content (AvgIpc) is 3.80. The van der Waals surface area contributed by atoms with Crippen molar-refractivity contribution in [3.05, 3.63) is 206 Å². The monoisotopic (exact) mass is 718 g/mol. The summed E-state index contributed by atoms with van der Waals surface area (Å²) in [5.74, 6) is 0. The molecule has 0 radical (unpaired) electrons. The van der Waals surface area contributed by atoms with Gasteiger partial charge >= 0.3 is 0 Å². The van der Waals surface area contributed by atoms with Gasteiger partial charge in [0, 0.05) is 53.6 Å². The molecule has 0 spiro atoms. The number of hydrogen-bond acceptors (Lipinski definition) is 2. The van der Waals surface area contributed by atoms with E-state index in [-0.39, 0.29) is 0 Å². The van der Waals surface area contributed by atoms with Crippen LogP contribution < -0.4 is 4.90 Å². The number of anilines is 3. The van der Waals surface area contributed by atoms with Crippen molar-refractivity contribution >= 4 is 81.1 Å². The van der Waals surface area contributed by atoms with E-state index in [1.165, 1.54) is 80.7 Å². The van der Waals surface area contributed by atoms with E-state index in [0.717, 1.165) is 17.1 Å². The average molecular weight is 719 g/mol. The highest BCUT2D eigenvalue weighted by Gasteiger charge is 2.20. The number of hydrogen-bond donors (Lipinski definition) is 0. The number of nitrogens with zero attached hydrogens (tertiary/aromatic N) is 2. The fourth-order valence-corrected chi connectivity index (χ4v) is 9.61. The Morgan fingerprint density at radius 1 is 0.382 bits per heavy atom. The van der Waals surface area contributed by atoms with Crippen molar-refractivity contribution in [1.29, 1.82) is 0 Å². The normalized spacial score (nSPS) is 11.6. The van der Waals surface area contributed by atoms with Gasteiger partial charge in [-0.2, -0.15) is 0 Å². The van der Waals surface area contributed by atoms with E-state index >= 15 is 0 Å². The Balaban J connectivity index is 1.08. The number of benzene rings is 9. The van der Waals surface area contributed by atoms with Gasteiger partial charge in [-0.05, 0) is 94.2 Å². The van der Waals surface area contributed by atoms with E-state index in [9.17, 15) is 0 Å². The van der Waals surface area contributed by atoms with Gasteiger partial charge < -0.3 is 9.47 Å². The summed E-state index contributed by atoms with van der Waals surface area (Å²) in [7, 11) is 0. The van der Waals surface area contributed by atoms with Crippen LogP contribution in [0, 0.1) is 0 Å². The Morgan fingerprint density at radius 2 is 1.05 bits per heavy atom. The first-order chi connectivity index (χ1) is 27.3. The van der Waals surface area contributed by atoms with Crippen molar-refractivity contribution in [3.8, 4) is 27.9 Å². The molecule has 0 fully saturated rings. The molecule has 0 unspecified atom stereocenters. The fourth-order valence-electron chi connectivity index (χ4n) is 8.47. The van der Waals surface area contributed by atoms with Gasteiger partial charge in [0.15, 0.2) is 0 Å². The topological polar surface area (TPSA) is 8.17 Å². The number of para-hydroxylation sites is 3. The SMILES string of the molecule is c1ccc(-c2ccccc2N(c2cccc(-c3ccc4c(ccc5c4c4ccccc4n5-c4ccccc4)c3)c2)c2ccc3c(c2)sc2ccccc23)cc1. The minimum atomic E-state index is 1.11. The number of fused-ring (bicyclic) bond motifs is 8. The first-order valence-electron chi connectivity index (χ1n) is 18.8. The van der Waals surface area contributed by atoms with Crippen LogP contribution in [0.3, 0.4) is 0 Å². The summed E-state index contributed by atoms with van der Waals surface area (Å²) in [4.78, 5) is 2.43. The second-order valence-corrected chi connectivity index (χ2v) is 15.2. The van der Waals surface area contributed by atoms with E-state index in [1.54, 1.807) is 0 Å². The molecule has 0 aliphatic rings. The summed E-state index contributed by atoms with van der Waals surface area (Å²) in [6.07, 6.45) is 0. The third-order valence-electron chi connectivity index (χ3n) is 11.0. The first kappa shape index (κ1) is 31.6. The maximum atomic E-state index is 2.43. The van der Waals surface area contributed by atoms with Gasteiger partial charge in [0.25, 0.3) is 0 Å². The molecule has 0 saturated carbocycles. The van der Waals surface area contributed by atoms with Crippen molar-refractivity contribution in [3.63, 3.8) is 0 Å². The van der Waals surface area contributed by atoms with E-state index in [4.69, 9.17) is 0 Å². The predicted octanol–water partition coefficient (Wildman–Crippen LogP) is 15.1. The quantitative estimate of drug-likeness (QED) is 0.166. The summed E-state index contributed by atoms with van der Waals surface area (Å²) in [5, 5.41) is 7.66. The summed E-state index contributed by atoms with van der Waals surface area (Å²) >= 11 is 1.86. The lowest BCUT2D eigenvalue weighted by molar-refractivity contribution is 1.18. The lowest BCUT2D eigenvalue weighted by Gasteiger charge is -2.28. The molecule has 0 aliphatic heterocycles. The molecule has 2 heterocycles. The Bertz CT molecular complexity index is 3210. The van der Waals surface area contributed by atoms with E-state index < -0.39 is 0 Å². The van der Waals surface area contributed by atoms with Crippen LogP contribution in [-0.4, -0.2) is 4.57 Å². The van der Waals surface area contributed by atoms with Crippen LogP contribution in [0.2, 0.25) is 0 Å². The largest absolute Gasteiger partial charge is 0.310 e. The minimum absolute atomic E-state index is 1.11. The first-order valence-corrected chi connectivity index (χ1v) is 19.6. The summed E-state index contributed by atoms with van der Waals surface area (Å²) in [6.45, 7) is 0. The zero-order valence-electron chi connectivity index (χ0n) is 29.9. The van der Waals surface area contributed by atoms with Crippen molar-refractivity contribution in [2.45, 2.75) is 0 Å². The molecule has 0 amide bonds. The molecular weight excluding hydrogens is 685 g/mol. The van der Waals surface area contributed by atoms with Gasteiger partial charge in [0.2, 0.25) is 0 Å². The zero-order chi connectivity index (χ0) is 36.3. The highest BCUT2D eigenvalue weighted by Crippen LogP contribution is 2.45. The highest BCUT2D eigenvalue weighted by atomic mass is 32.1. The summed E-state index contributed by atoms with van der Waals surface area (Å²) in [5.41, 5.74) is 11.8. The number of rotatable bonds is 6. The maximum Gasteiger partial charge on any atom is 0.0547 e. The lowest BCUT2D eigenvalue weighted by Crippen LogP contribution is -2.11. The fraction of sp³-hybridized carbons (Fsp3) is 0. The molecule has 258 valence electrons. The molecule has 9 aromatic carbocycles. The van der Waals surface area contributed by atoms with Crippen LogP contribution in [0.4, 0.5) is 17.1 Å². The number of aromatic nitrogens is 1. The Hall–Kier alpha value is -6.94. The summed E-state index contributed by atoms with van der Waals surface area (Å²) < 4.78 is 4.98. The molecule has 0 aliphatic carbocycles. The van der Waals surface area contributed by atoms with Gasteiger partial charge in [0.05, 0.1) is 16.7 Å². The van der Waals surface area contributed by atoms with Crippen molar-refractivity contribution < 1.29 is 0 Å². The van der Waals surface area contributed by atoms with Gasteiger partial charge in [-0.15, -0.1) is 11.3 Å². The smallest absolute Gasteiger partial charge is 0.0547 e. The van der Waals surface area contributed by atoms with E-state index in [1.807, 2.05) is 11.3 Å². The van der Waals surface area contributed by atoms with Crippen molar-refractivity contribution in [1.82, 2.24) is 4.57 Å². The van der Waals surface area contributed by atoms with Gasteiger partial charge in [0.1, 0.15) is 0 Å². The molecule has 0 atom stereocenters. The van der Waals surface area contributed by atoms with Crippen LogP contribution in [-0.2, 0) is 0 Å². The molecular formula is C52H34N2S. The summed E-state index contributed by atoms with van der Waals surface area (Å²) in [6, 6.07) is 75.2. The molecule has 11 aromatic rings. The molecule has 0 saturated heterocycles. The van der Waals surface area contributed by atoms with Crippen LogP contribution in [0.25, 0.3) is 80.7 Å². The molecule has 2 nitrogen and oxygen atoms in total. The van der Waals surface area contributed by atoms with E-state index in [2.05, 4.69) is 216 Å². The van der Waals surface area contributed by atoms with Gasteiger partial charge in [-0.25, -0.2) is 0 Å². The zero-order valence-corrected chi connectivity index (χ0v) is 30.7. The molecule has 2 aromatic heterocycles. The van der Waals surface area contributed by atoms with E-state index in [0.29, 0.717) is 0 Å². The van der Waals surface area contributed by atoms with Crippen molar-refractivity contribution in [2.75, 3.05) is 4.90 Å². The molecule has 0 N–H and O–H groups in total. The molecule has 11 rings (SSSR count). The van der Waals surface area contributed by atoms with Crippen LogP contribution in [0.5, 0.6) is 0 Å². The molecule has 3 heteroatoms. The van der Waals surface area contributed by atoms with Gasteiger partial charge in [-0.3, -0.25) is 0 Å². The second kappa shape index (κ2) is 12.9. The van der Waals surface area contributed by atoms with Crippen LogP contribution in [0.15, 0.2) is 206 Å². The van der Waals surface area contributed by atoms with Crippen LogP contribution in [0.1, 0.15) is 0 Å². The number of thiophene rings is 1. The predicted molar refractivity (Wildman–Crippen MR) is 237 cm³/mol. The van der Waals surface area contributed by atoms with Crippen LogP contribution >= 0.6 is 11.3 Å². The highest BCUT2D eigenvalue weighted by molar-refractivity contribution is 7.25. The Morgan fingerprint density at radius 3 is 1.95 bits per heavy atom. The Kier molecular flexibility index (Phi) is 7.39. The minimum Gasteiger partial charge on any atom is -0.310 e. The van der Waals surface area contributed by atoms with Crippen molar-refractivity contribution in [2.24, 2.45) is 0 Å². The van der Waals surface area contributed by atoms with Gasteiger partial charge in [-0.1, -0.05) is 140 Å².